The van der Waals surface area contributed by atoms with Gasteiger partial charge in [0, 0.05) is 10.6 Å². The van der Waals surface area contributed by atoms with Gasteiger partial charge in [0.2, 0.25) is 0 Å². The molecule has 0 spiro atoms. The molecule has 0 saturated heterocycles. The van der Waals surface area contributed by atoms with Crippen molar-refractivity contribution in [3.63, 3.8) is 0 Å². The van der Waals surface area contributed by atoms with Crippen LogP contribution in [-0.2, 0) is 12.6 Å². The molecule has 0 heterocycles. The van der Waals surface area contributed by atoms with Crippen molar-refractivity contribution in [2.75, 3.05) is 6.61 Å². The summed E-state index contributed by atoms with van der Waals surface area (Å²) in [6, 6.07) is 3.57. The van der Waals surface area contributed by atoms with Crippen molar-refractivity contribution >= 4 is 11.6 Å². The molecule has 3 N–H and O–H groups in total. The van der Waals surface area contributed by atoms with Gasteiger partial charge in [-0.2, -0.15) is 13.2 Å². The molecule has 1 rings (SSSR count). The molecular weight excluding hydrogens is 255 g/mol. The van der Waals surface area contributed by atoms with E-state index in [0.717, 1.165) is 6.07 Å². The SMILES string of the molecule is CC(N)(CO)Cc1c(Cl)cccc1C(F)(F)F. The lowest BCUT2D eigenvalue weighted by Crippen LogP contribution is -2.42. The molecular formula is C11H13ClF3NO. The monoisotopic (exact) mass is 267 g/mol. The maximum Gasteiger partial charge on any atom is 0.416 e. The summed E-state index contributed by atoms with van der Waals surface area (Å²) in [5.74, 6) is 0. The third-order valence-corrected chi connectivity index (χ3v) is 2.72. The van der Waals surface area contributed by atoms with Crippen LogP contribution in [0.15, 0.2) is 18.2 Å². The van der Waals surface area contributed by atoms with Crippen molar-refractivity contribution in [3.05, 3.63) is 34.3 Å². The predicted octanol–water partition coefficient (Wildman–Crippen LogP) is 2.61. The van der Waals surface area contributed by atoms with Crippen molar-refractivity contribution in [1.82, 2.24) is 0 Å². The van der Waals surface area contributed by atoms with Gasteiger partial charge in [0.1, 0.15) is 0 Å². The molecule has 1 aromatic carbocycles. The maximum absolute atomic E-state index is 12.7. The topological polar surface area (TPSA) is 46.2 Å². The van der Waals surface area contributed by atoms with E-state index < -0.39 is 23.9 Å². The Hall–Kier alpha value is -0.780. The highest BCUT2D eigenvalue weighted by Gasteiger charge is 2.35. The summed E-state index contributed by atoms with van der Waals surface area (Å²) in [6.45, 7) is 1.05. The maximum atomic E-state index is 12.7. The fourth-order valence-corrected chi connectivity index (χ4v) is 1.70. The number of rotatable bonds is 3. The van der Waals surface area contributed by atoms with Gasteiger partial charge in [-0.25, -0.2) is 0 Å². The van der Waals surface area contributed by atoms with Crippen LogP contribution in [0.1, 0.15) is 18.1 Å². The molecule has 0 aliphatic carbocycles. The van der Waals surface area contributed by atoms with Crippen LogP contribution >= 0.6 is 11.6 Å². The summed E-state index contributed by atoms with van der Waals surface area (Å²) < 4.78 is 38.2. The standard InChI is InChI=1S/C11H13ClF3NO/c1-10(16,6-17)5-7-8(11(13,14)15)3-2-4-9(7)12/h2-4,17H,5-6,16H2,1H3. The van der Waals surface area contributed by atoms with E-state index in [2.05, 4.69) is 0 Å². The smallest absolute Gasteiger partial charge is 0.394 e. The molecule has 1 unspecified atom stereocenters. The van der Waals surface area contributed by atoms with E-state index in [-0.39, 0.29) is 17.0 Å². The first-order valence-electron chi connectivity index (χ1n) is 4.92. The highest BCUT2D eigenvalue weighted by molar-refractivity contribution is 6.31. The van der Waals surface area contributed by atoms with E-state index in [1.165, 1.54) is 19.1 Å². The zero-order valence-electron chi connectivity index (χ0n) is 9.18. The van der Waals surface area contributed by atoms with Crippen molar-refractivity contribution in [1.29, 1.82) is 0 Å². The Morgan fingerprint density at radius 3 is 2.41 bits per heavy atom. The zero-order valence-corrected chi connectivity index (χ0v) is 9.94. The van der Waals surface area contributed by atoms with Crippen LogP contribution in [0.2, 0.25) is 5.02 Å². The van der Waals surface area contributed by atoms with Crippen LogP contribution in [0, 0.1) is 0 Å². The third-order valence-electron chi connectivity index (χ3n) is 2.37. The van der Waals surface area contributed by atoms with Gasteiger partial charge >= 0.3 is 6.18 Å². The molecule has 0 bridgehead atoms. The Kier molecular flexibility index (Phi) is 4.06. The second kappa shape index (κ2) is 4.84. The van der Waals surface area contributed by atoms with Crippen LogP contribution in [0.3, 0.4) is 0 Å². The number of nitrogens with two attached hydrogens (primary N) is 1. The van der Waals surface area contributed by atoms with Crippen LogP contribution in [0.5, 0.6) is 0 Å². The van der Waals surface area contributed by atoms with Gasteiger partial charge < -0.3 is 10.8 Å². The lowest BCUT2D eigenvalue weighted by atomic mass is 9.91. The molecule has 17 heavy (non-hydrogen) atoms. The minimum Gasteiger partial charge on any atom is -0.394 e. The average molecular weight is 268 g/mol. The summed E-state index contributed by atoms with van der Waals surface area (Å²) in [5.41, 5.74) is 3.63. The van der Waals surface area contributed by atoms with Gasteiger partial charge in [0.25, 0.3) is 0 Å². The van der Waals surface area contributed by atoms with E-state index >= 15 is 0 Å². The van der Waals surface area contributed by atoms with E-state index in [1.54, 1.807) is 0 Å². The summed E-state index contributed by atoms with van der Waals surface area (Å²) in [4.78, 5) is 0. The molecule has 0 fully saturated rings. The summed E-state index contributed by atoms with van der Waals surface area (Å²) >= 11 is 5.76. The molecule has 6 heteroatoms. The van der Waals surface area contributed by atoms with Gasteiger partial charge in [-0.3, -0.25) is 0 Å². The van der Waals surface area contributed by atoms with Crippen LogP contribution in [0.25, 0.3) is 0 Å². The Morgan fingerprint density at radius 2 is 1.94 bits per heavy atom. The number of benzene rings is 1. The van der Waals surface area contributed by atoms with Gasteiger partial charge in [-0.1, -0.05) is 17.7 Å². The molecule has 96 valence electrons. The molecule has 0 radical (unpaired) electrons. The Morgan fingerprint density at radius 1 is 1.35 bits per heavy atom. The fraction of sp³-hybridized carbons (Fsp3) is 0.455. The summed E-state index contributed by atoms with van der Waals surface area (Å²) in [6.07, 6.45) is -4.62. The van der Waals surface area contributed by atoms with E-state index in [4.69, 9.17) is 22.4 Å². The minimum atomic E-state index is -4.48. The molecule has 0 aliphatic heterocycles. The highest BCUT2D eigenvalue weighted by Crippen LogP contribution is 2.36. The lowest BCUT2D eigenvalue weighted by molar-refractivity contribution is -0.138. The van der Waals surface area contributed by atoms with Gasteiger partial charge in [-0.05, 0) is 31.0 Å². The Labute approximate surface area is 102 Å². The lowest BCUT2D eigenvalue weighted by Gasteiger charge is -2.24. The fourth-order valence-electron chi connectivity index (χ4n) is 1.46. The number of aliphatic hydroxyl groups excluding tert-OH is 1. The largest absolute Gasteiger partial charge is 0.416 e. The van der Waals surface area contributed by atoms with Gasteiger partial charge in [0.15, 0.2) is 0 Å². The average Bonchev–Trinajstić information content (AvgIpc) is 2.19. The molecule has 1 atom stereocenters. The van der Waals surface area contributed by atoms with Crippen LogP contribution in [-0.4, -0.2) is 17.3 Å². The minimum absolute atomic E-state index is 0.00458. The third kappa shape index (κ3) is 3.59. The number of halogens is 4. The van der Waals surface area contributed by atoms with Crippen molar-refractivity contribution in [3.8, 4) is 0 Å². The summed E-state index contributed by atoms with van der Waals surface area (Å²) in [5, 5.41) is 9.00. The van der Waals surface area contributed by atoms with Crippen molar-refractivity contribution in [2.45, 2.75) is 25.1 Å². The molecule has 1 aromatic rings. The highest BCUT2D eigenvalue weighted by atomic mass is 35.5. The molecule has 0 saturated carbocycles. The normalized spacial score (nSPS) is 15.7. The quantitative estimate of drug-likeness (QED) is 0.884. The summed E-state index contributed by atoms with van der Waals surface area (Å²) in [7, 11) is 0. The number of alkyl halides is 3. The second-order valence-corrected chi connectivity index (χ2v) is 4.66. The molecule has 0 aromatic heterocycles. The number of hydrogen-bond donors (Lipinski definition) is 2. The van der Waals surface area contributed by atoms with E-state index in [0.29, 0.717) is 0 Å². The van der Waals surface area contributed by atoms with E-state index in [1.807, 2.05) is 0 Å². The van der Waals surface area contributed by atoms with Crippen LogP contribution < -0.4 is 5.73 Å². The Bertz CT molecular complexity index is 404. The number of hydrogen-bond acceptors (Lipinski definition) is 2. The zero-order chi connectivity index (χ0) is 13.3. The van der Waals surface area contributed by atoms with Crippen molar-refractivity contribution in [2.24, 2.45) is 5.73 Å². The van der Waals surface area contributed by atoms with Gasteiger partial charge in [0.05, 0.1) is 12.2 Å². The van der Waals surface area contributed by atoms with Gasteiger partial charge in [-0.15, -0.1) is 0 Å². The molecule has 0 amide bonds. The molecule has 0 aliphatic rings. The first kappa shape index (κ1) is 14.3. The Balaban J connectivity index is 3.22. The first-order chi connectivity index (χ1) is 7.67. The number of aliphatic hydroxyl groups is 1. The van der Waals surface area contributed by atoms with Crippen molar-refractivity contribution < 1.29 is 18.3 Å². The van der Waals surface area contributed by atoms with Crippen LogP contribution in [0.4, 0.5) is 13.2 Å². The van der Waals surface area contributed by atoms with E-state index in [9.17, 15) is 13.2 Å². The first-order valence-corrected chi connectivity index (χ1v) is 5.29. The predicted molar refractivity (Wildman–Crippen MR) is 59.8 cm³/mol. The second-order valence-electron chi connectivity index (χ2n) is 4.25. The molecule has 2 nitrogen and oxygen atoms in total.